The average molecular weight is 404 g/mol. The van der Waals surface area contributed by atoms with Gasteiger partial charge in [-0.2, -0.15) is 10.4 Å². The Morgan fingerprint density at radius 1 is 1.18 bits per heavy atom. The number of aryl methyl sites for hydroxylation is 1. The van der Waals surface area contributed by atoms with E-state index in [9.17, 15) is 5.26 Å². The summed E-state index contributed by atoms with van der Waals surface area (Å²) in [5.41, 5.74) is 4.54. The highest BCUT2D eigenvalue weighted by Gasteiger charge is 2.16. The highest BCUT2D eigenvalue weighted by molar-refractivity contribution is 7.11. The first kappa shape index (κ1) is 18.1. The van der Waals surface area contributed by atoms with Gasteiger partial charge in [0.2, 0.25) is 0 Å². The molecule has 0 aliphatic carbocycles. The van der Waals surface area contributed by atoms with Crippen LogP contribution in [-0.2, 0) is 0 Å². The smallest absolute Gasteiger partial charge is 0.140 e. The van der Waals surface area contributed by atoms with E-state index in [2.05, 4.69) is 21.1 Å². The third-order valence-electron chi connectivity index (χ3n) is 4.17. The fourth-order valence-corrected chi connectivity index (χ4v) is 3.88. The van der Waals surface area contributed by atoms with E-state index in [0.717, 1.165) is 22.6 Å². The number of hydrogen-bond donors (Lipinski definition) is 0. The van der Waals surface area contributed by atoms with Crippen molar-refractivity contribution in [3.05, 3.63) is 81.7 Å². The van der Waals surface area contributed by atoms with Crippen molar-refractivity contribution in [3.63, 3.8) is 0 Å². The maximum atomic E-state index is 9.69. The number of allylic oxidation sites excluding steroid dienone is 1. The van der Waals surface area contributed by atoms with Crippen molar-refractivity contribution in [2.24, 2.45) is 0 Å². The Balaban J connectivity index is 1.73. The molecular weight excluding hydrogens is 390 g/mol. The minimum atomic E-state index is 0.447. The van der Waals surface area contributed by atoms with E-state index in [4.69, 9.17) is 11.6 Å². The first-order valence-electron chi connectivity index (χ1n) is 8.46. The highest BCUT2D eigenvalue weighted by atomic mass is 35.5. The van der Waals surface area contributed by atoms with Crippen LogP contribution in [0.4, 0.5) is 0 Å². The predicted octanol–water partition coefficient (Wildman–Crippen LogP) is 5.42. The summed E-state index contributed by atoms with van der Waals surface area (Å²) < 4.78 is 1.67. The van der Waals surface area contributed by atoms with Gasteiger partial charge in [0.05, 0.1) is 22.6 Å². The molecule has 0 spiro atoms. The molecule has 3 aromatic heterocycles. The van der Waals surface area contributed by atoms with Crippen LogP contribution in [-0.4, -0.2) is 19.7 Å². The highest BCUT2D eigenvalue weighted by Crippen LogP contribution is 2.30. The van der Waals surface area contributed by atoms with Gasteiger partial charge in [-0.25, -0.2) is 9.67 Å². The van der Waals surface area contributed by atoms with E-state index in [1.807, 2.05) is 54.8 Å². The largest absolute Gasteiger partial charge is 0.265 e. The lowest BCUT2D eigenvalue weighted by Gasteiger charge is -2.02. The monoisotopic (exact) mass is 403 g/mol. The third kappa shape index (κ3) is 3.46. The van der Waals surface area contributed by atoms with Crippen molar-refractivity contribution in [2.75, 3.05) is 0 Å². The summed E-state index contributed by atoms with van der Waals surface area (Å²) in [5.74, 6) is 0. The first-order valence-corrected chi connectivity index (χ1v) is 9.72. The summed E-state index contributed by atoms with van der Waals surface area (Å²) in [6, 6.07) is 15.7. The van der Waals surface area contributed by atoms with Crippen molar-refractivity contribution < 1.29 is 0 Å². The number of para-hydroxylation sites is 1. The number of hydrogen-bond acceptors (Lipinski definition) is 5. The molecule has 0 amide bonds. The Bertz CT molecular complexity index is 1190. The molecule has 28 heavy (non-hydrogen) atoms. The second kappa shape index (κ2) is 7.77. The zero-order valence-corrected chi connectivity index (χ0v) is 16.4. The molecule has 0 saturated heterocycles. The molecule has 0 aliphatic heterocycles. The molecule has 4 rings (SSSR count). The van der Waals surface area contributed by atoms with E-state index in [0.29, 0.717) is 21.3 Å². The van der Waals surface area contributed by atoms with E-state index >= 15 is 0 Å². The second-order valence-electron chi connectivity index (χ2n) is 5.98. The van der Waals surface area contributed by atoms with Gasteiger partial charge in [-0.3, -0.25) is 4.98 Å². The number of rotatable bonds is 4. The lowest BCUT2D eigenvalue weighted by molar-refractivity contribution is 0.863. The minimum absolute atomic E-state index is 0.447. The van der Waals surface area contributed by atoms with Crippen molar-refractivity contribution in [3.8, 4) is 23.0 Å². The van der Waals surface area contributed by atoms with Crippen LogP contribution in [0.15, 0.2) is 60.2 Å². The Morgan fingerprint density at radius 2 is 1.93 bits per heavy atom. The van der Waals surface area contributed by atoms with Crippen molar-refractivity contribution in [2.45, 2.75) is 6.92 Å². The molecule has 3 heterocycles. The molecule has 4 aromatic rings. The molecule has 136 valence electrons. The Morgan fingerprint density at radius 3 is 2.64 bits per heavy atom. The van der Waals surface area contributed by atoms with Crippen LogP contribution >= 0.6 is 22.9 Å². The number of thiazole rings is 1. The van der Waals surface area contributed by atoms with Gasteiger partial charge in [-0.1, -0.05) is 29.8 Å². The maximum absolute atomic E-state index is 9.69. The quantitative estimate of drug-likeness (QED) is 0.427. The van der Waals surface area contributed by atoms with Gasteiger partial charge < -0.3 is 0 Å². The van der Waals surface area contributed by atoms with Crippen LogP contribution in [0.25, 0.3) is 28.6 Å². The molecule has 0 unspecified atom stereocenters. The molecular formula is C21H14ClN5S. The summed E-state index contributed by atoms with van der Waals surface area (Å²) in [7, 11) is 0. The molecule has 1 aromatic carbocycles. The van der Waals surface area contributed by atoms with Crippen LogP contribution in [0.2, 0.25) is 5.15 Å². The summed E-state index contributed by atoms with van der Waals surface area (Å²) in [6.07, 6.45) is 5.19. The number of halogens is 1. The average Bonchev–Trinajstić information content (AvgIpc) is 3.33. The molecule has 0 saturated carbocycles. The van der Waals surface area contributed by atoms with E-state index in [1.165, 1.54) is 11.3 Å². The normalized spacial score (nSPS) is 11.4. The fraction of sp³-hybridized carbons (Fsp3) is 0.0476. The summed E-state index contributed by atoms with van der Waals surface area (Å²) in [5, 5.41) is 17.2. The number of nitriles is 1. The van der Waals surface area contributed by atoms with Gasteiger partial charge in [-0.15, -0.1) is 11.3 Å². The van der Waals surface area contributed by atoms with Gasteiger partial charge in [0, 0.05) is 28.9 Å². The molecule has 0 radical (unpaired) electrons. The molecule has 0 aliphatic rings. The lowest BCUT2D eigenvalue weighted by atomic mass is 10.1. The fourth-order valence-electron chi connectivity index (χ4n) is 2.75. The van der Waals surface area contributed by atoms with Crippen molar-refractivity contribution in [1.29, 1.82) is 5.26 Å². The van der Waals surface area contributed by atoms with Gasteiger partial charge in [0.15, 0.2) is 0 Å². The van der Waals surface area contributed by atoms with Crippen LogP contribution in [0, 0.1) is 18.3 Å². The molecule has 0 fully saturated rings. The minimum Gasteiger partial charge on any atom is -0.265 e. The van der Waals surface area contributed by atoms with Crippen LogP contribution in [0.1, 0.15) is 16.3 Å². The Hall–Kier alpha value is -3.27. The van der Waals surface area contributed by atoms with Gasteiger partial charge in [0.25, 0.3) is 0 Å². The Kier molecular flexibility index (Phi) is 5.02. The lowest BCUT2D eigenvalue weighted by Crippen LogP contribution is -1.95. The topological polar surface area (TPSA) is 67.4 Å². The van der Waals surface area contributed by atoms with E-state index in [1.54, 1.807) is 23.2 Å². The number of aromatic nitrogens is 4. The van der Waals surface area contributed by atoms with E-state index < -0.39 is 0 Å². The number of benzene rings is 1. The summed E-state index contributed by atoms with van der Waals surface area (Å²) in [4.78, 5) is 8.62. The molecule has 0 atom stereocenters. The zero-order valence-electron chi connectivity index (χ0n) is 14.9. The molecule has 5 nitrogen and oxygen atoms in total. The van der Waals surface area contributed by atoms with Gasteiger partial charge in [-0.05, 0) is 37.3 Å². The first-order chi connectivity index (χ1) is 13.7. The SMILES string of the molecule is Cc1nn(-c2ccccc2)c(Cl)c1/C=C(/C#N)c1nc(-c2ccncc2)cs1. The zero-order chi connectivity index (χ0) is 19.5. The molecule has 7 heteroatoms. The predicted molar refractivity (Wildman–Crippen MR) is 112 cm³/mol. The van der Waals surface area contributed by atoms with Crippen LogP contribution in [0.5, 0.6) is 0 Å². The standard InChI is InChI=1S/C21H14ClN5S/c1-14-18(20(22)27(26-14)17-5-3-2-4-6-17)11-16(12-23)21-25-19(13-28-21)15-7-9-24-10-8-15/h2-11,13H,1H3/b16-11-. The second-order valence-corrected chi connectivity index (χ2v) is 7.20. The number of pyridine rings is 1. The van der Waals surface area contributed by atoms with Gasteiger partial charge in [0.1, 0.15) is 16.2 Å². The molecule has 0 bridgehead atoms. The maximum Gasteiger partial charge on any atom is 0.140 e. The Labute approximate surface area is 171 Å². The summed E-state index contributed by atoms with van der Waals surface area (Å²) >= 11 is 7.99. The van der Waals surface area contributed by atoms with Gasteiger partial charge >= 0.3 is 0 Å². The van der Waals surface area contributed by atoms with Crippen molar-refractivity contribution in [1.82, 2.24) is 19.7 Å². The third-order valence-corrected chi connectivity index (χ3v) is 5.41. The summed E-state index contributed by atoms with van der Waals surface area (Å²) in [6.45, 7) is 1.87. The van der Waals surface area contributed by atoms with E-state index in [-0.39, 0.29) is 0 Å². The van der Waals surface area contributed by atoms with Crippen molar-refractivity contribution >= 4 is 34.6 Å². The van der Waals surface area contributed by atoms with Crippen LogP contribution < -0.4 is 0 Å². The molecule has 0 N–H and O–H groups in total. The number of nitrogens with zero attached hydrogens (tertiary/aromatic N) is 5. The van der Waals surface area contributed by atoms with Crippen LogP contribution in [0.3, 0.4) is 0 Å².